The van der Waals surface area contributed by atoms with Crippen LogP contribution in [0, 0.1) is 0 Å². The highest BCUT2D eigenvalue weighted by molar-refractivity contribution is 5.96. The molecule has 1 fully saturated rings. The molecule has 40 heavy (non-hydrogen) atoms. The first-order valence-corrected chi connectivity index (χ1v) is 13.4. The summed E-state index contributed by atoms with van der Waals surface area (Å²) in [6, 6.07) is 9.35. The van der Waals surface area contributed by atoms with Gasteiger partial charge in [0.2, 0.25) is 5.91 Å². The molecule has 12 heteroatoms. The van der Waals surface area contributed by atoms with Gasteiger partial charge in [0, 0.05) is 38.2 Å². The van der Waals surface area contributed by atoms with Gasteiger partial charge in [-0.25, -0.2) is 14.8 Å². The zero-order valence-corrected chi connectivity index (χ0v) is 23.4. The molecule has 1 aliphatic heterocycles. The van der Waals surface area contributed by atoms with Crippen LogP contribution >= 0.6 is 0 Å². The Morgan fingerprint density at radius 2 is 1.60 bits per heavy atom. The summed E-state index contributed by atoms with van der Waals surface area (Å²) in [7, 11) is 0. The first kappa shape index (κ1) is 30.5. The second-order valence-electron chi connectivity index (χ2n) is 9.77. The lowest BCUT2D eigenvalue weighted by Gasteiger charge is -2.36. The zero-order chi connectivity index (χ0) is 29.3. The fourth-order valence-electron chi connectivity index (χ4n) is 4.12. The van der Waals surface area contributed by atoms with Crippen molar-refractivity contribution in [2.24, 2.45) is 0 Å². The molecule has 1 atom stereocenters. The van der Waals surface area contributed by atoms with Crippen LogP contribution in [0.4, 0.5) is 4.79 Å². The molecule has 12 nitrogen and oxygen atoms in total. The maximum Gasteiger partial charge on any atom is 0.409 e. The minimum atomic E-state index is -1.36. The van der Waals surface area contributed by atoms with Gasteiger partial charge >= 0.3 is 12.1 Å². The Bertz CT molecular complexity index is 1190. The molecule has 0 aliphatic carbocycles. The number of nitrogens with zero attached hydrogens (tertiary/aromatic N) is 4. The van der Waals surface area contributed by atoms with Crippen molar-refractivity contribution >= 4 is 23.9 Å². The summed E-state index contributed by atoms with van der Waals surface area (Å²) in [4.78, 5) is 63.0. The quantitative estimate of drug-likeness (QED) is 0.420. The molecule has 1 aliphatic rings. The second-order valence-corrected chi connectivity index (χ2v) is 9.77. The molecule has 1 saturated heterocycles. The average Bonchev–Trinajstić information content (AvgIpc) is 2.95. The molecule has 3 amide bonds. The molecule has 0 radical (unpaired) electrons. The summed E-state index contributed by atoms with van der Waals surface area (Å²) in [5.74, 6) is -1.28. The normalized spacial score (nSPS) is 14.3. The molecule has 1 aromatic carbocycles. The maximum absolute atomic E-state index is 13.5. The highest BCUT2D eigenvalue weighted by Crippen LogP contribution is 2.23. The summed E-state index contributed by atoms with van der Waals surface area (Å²) in [5, 5.41) is 13.4. The number of aromatic nitrogens is 2. The van der Waals surface area contributed by atoms with Crippen LogP contribution in [0.5, 0.6) is 0 Å². The second kappa shape index (κ2) is 13.8. The molecule has 1 aromatic heterocycles. The molecule has 0 spiro atoms. The topological polar surface area (TPSA) is 151 Å². The summed E-state index contributed by atoms with van der Waals surface area (Å²) < 4.78 is 10.0. The number of nitrogens with one attached hydrogen (secondary N) is 1. The molecule has 2 N–H and O–H groups in total. The minimum Gasteiger partial charge on any atom is -0.466 e. The lowest BCUT2D eigenvalue weighted by Crippen LogP contribution is -2.56. The maximum atomic E-state index is 13.5. The Morgan fingerprint density at radius 1 is 0.975 bits per heavy atom. The van der Waals surface area contributed by atoms with E-state index in [2.05, 4.69) is 15.3 Å². The van der Waals surface area contributed by atoms with Crippen LogP contribution in [-0.2, 0) is 24.7 Å². The van der Waals surface area contributed by atoms with E-state index in [-0.39, 0.29) is 75.4 Å². The minimum absolute atomic E-state index is 0.0104. The monoisotopic (exact) mass is 555 g/mol. The molecule has 0 bridgehead atoms. The number of aliphatic hydroxyl groups is 1. The number of ether oxygens (including phenoxy) is 2. The van der Waals surface area contributed by atoms with Crippen molar-refractivity contribution in [1.29, 1.82) is 0 Å². The summed E-state index contributed by atoms with van der Waals surface area (Å²) in [5.41, 5.74) is -0.515. The van der Waals surface area contributed by atoms with Crippen molar-refractivity contribution < 1.29 is 33.8 Å². The van der Waals surface area contributed by atoms with Crippen molar-refractivity contribution in [2.45, 2.75) is 52.2 Å². The highest BCUT2D eigenvalue weighted by Gasteiger charge is 2.32. The number of rotatable bonds is 10. The van der Waals surface area contributed by atoms with Gasteiger partial charge in [-0.2, -0.15) is 0 Å². The van der Waals surface area contributed by atoms with Gasteiger partial charge in [-0.3, -0.25) is 14.4 Å². The summed E-state index contributed by atoms with van der Waals surface area (Å²) in [6.07, 6.45) is -0.514. The van der Waals surface area contributed by atoms with Crippen molar-refractivity contribution in [3.8, 4) is 11.4 Å². The van der Waals surface area contributed by atoms with Gasteiger partial charge in [0.05, 0.1) is 18.9 Å². The number of amides is 3. The smallest absolute Gasteiger partial charge is 0.409 e. The molecule has 0 unspecified atom stereocenters. The first-order chi connectivity index (χ1) is 19.0. The van der Waals surface area contributed by atoms with Crippen LogP contribution in [0.2, 0.25) is 0 Å². The van der Waals surface area contributed by atoms with Gasteiger partial charge in [-0.15, -0.1) is 0 Å². The number of carbonyl (C=O) groups is 4. The standard InChI is InChI=1S/C28H37N5O7/c1-5-39-23(34)13-12-20(26(36)32-14-16-33(17-15-32)27(37)40-6-2)30-25(35)21-18-22(28(3,4)38)31-24(29-21)19-10-8-7-9-11-19/h7-11,18,20,38H,5-6,12-17H2,1-4H3,(H,30,35)/t20-/m0/s1. The lowest BCUT2D eigenvalue weighted by molar-refractivity contribution is -0.143. The van der Waals surface area contributed by atoms with E-state index in [9.17, 15) is 24.3 Å². The number of hydrogen-bond donors (Lipinski definition) is 2. The Balaban J connectivity index is 1.83. The van der Waals surface area contributed by atoms with Gasteiger partial charge in [-0.05, 0) is 40.2 Å². The predicted molar refractivity (Wildman–Crippen MR) is 145 cm³/mol. The fraction of sp³-hybridized carbons (Fsp3) is 0.500. The van der Waals surface area contributed by atoms with Crippen LogP contribution in [0.25, 0.3) is 11.4 Å². The first-order valence-electron chi connectivity index (χ1n) is 13.4. The van der Waals surface area contributed by atoms with Gasteiger partial charge in [0.25, 0.3) is 5.91 Å². The Kier molecular flexibility index (Phi) is 10.5. The van der Waals surface area contributed by atoms with Crippen LogP contribution in [0.3, 0.4) is 0 Å². The molecular formula is C28H37N5O7. The van der Waals surface area contributed by atoms with Gasteiger partial charge in [-0.1, -0.05) is 30.3 Å². The van der Waals surface area contributed by atoms with E-state index in [4.69, 9.17) is 9.47 Å². The van der Waals surface area contributed by atoms with Crippen molar-refractivity contribution in [1.82, 2.24) is 25.1 Å². The van der Waals surface area contributed by atoms with Crippen molar-refractivity contribution in [2.75, 3.05) is 39.4 Å². The van der Waals surface area contributed by atoms with Crippen molar-refractivity contribution in [3.05, 3.63) is 47.8 Å². The number of piperazine rings is 1. The lowest BCUT2D eigenvalue weighted by atomic mass is 10.0. The fourth-order valence-corrected chi connectivity index (χ4v) is 4.12. The van der Waals surface area contributed by atoms with E-state index in [1.54, 1.807) is 56.9 Å². The third-order valence-electron chi connectivity index (χ3n) is 6.28. The number of carbonyl (C=O) groups excluding carboxylic acids is 4. The molecule has 2 aromatic rings. The van der Waals surface area contributed by atoms with Crippen LogP contribution in [-0.4, -0.2) is 94.2 Å². The van der Waals surface area contributed by atoms with E-state index in [1.807, 2.05) is 6.07 Å². The molecule has 0 saturated carbocycles. The summed E-state index contributed by atoms with van der Waals surface area (Å²) in [6.45, 7) is 8.02. The number of esters is 1. The molecular weight excluding hydrogens is 518 g/mol. The molecule has 3 rings (SSSR count). The van der Waals surface area contributed by atoms with Crippen LogP contribution < -0.4 is 5.32 Å². The third-order valence-corrected chi connectivity index (χ3v) is 6.28. The van der Waals surface area contributed by atoms with Gasteiger partial charge < -0.3 is 29.7 Å². The average molecular weight is 556 g/mol. The zero-order valence-electron chi connectivity index (χ0n) is 23.4. The van der Waals surface area contributed by atoms with Gasteiger partial charge in [0.1, 0.15) is 17.3 Å². The largest absolute Gasteiger partial charge is 0.466 e. The molecule has 216 valence electrons. The van der Waals surface area contributed by atoms with Crippen LogP contribution in [0.1, 0.15) is 56.7 Å². The summed E-state index contributed by atoms with van der Waals surface area (Å²) >= 11 is 0. The van der Waals surface area contributed by atoms with E-state index < -0.39 is 29.6 Å². The van der Waals surface area contributed by atoms with Crippen molar-refractivity contribution in [3.63, 3.8) is 0 Å². The van der Waals surface area contributed by atoms with E-state index >= 15 is 0 Å². The highest BCUT2D eigenvalue weighted by atomic mass is 16.6. The third kappa shape index (κ3) is 8.22. The van der Waals surface area contributed by atoms with Gasteiger partial charge in [0.15, 0.2) is 5.82 Å². The Morgan fingerprint density at radius 3 is 2.20 bits per heavy atom. The van der Waals surface area contributed by atoms with E-state index in [0.29, 0.717) is 5.56 Å². The Labute approximate surface area is 233 Å². The Hall–Kier alpha value is -4.06. The van der Waals surface area contributed by atoms with E-state index in [1.165, 1.54) is 11.0 Å². The number of hydrogen-bond acceptors (Lipinski definition) is 9. The predicted octanol–water partition coefficient (Wildman–Crippen LogP) is 2.11. The van der Waals surface area contributed by atoms with Crippen LogP contribution in [0.15, 0.2) is 36.4 Å². The van der Waals surface area contributed by atoms with E-state index in [0.717, 1.165) is 0 Å². The number of benzene rings is 1. The SMILES string of the molecule is CCOC(=O)CC[C@H](NC(=O)c1cc(C(C)(C)O)nc(-c2ccccc2)n1)C(=O)N1CCN(C(=O)OCC)CC1. The molecule has 2 heterocycles.